The topological polar surface area (TPSA) is 46.5 Å². The SMILES string of the molecule is CCOC(=O)CC1(O)CCCCC1. The number of esters is 1. The summed E-state index contributed by atoms with van der Waals surface area (Å²) in [7, 11) is 0. The van der Waals surface area contributed by atoms with Crippen LogP contribution in [0.1, 0.15) is 45.4 Å². The molecule has 0 unspecified atom stereocenters. The fourth-order valence-electron chi connectivity index (χ4n) is 1.87. The van der Waals surface area contributed by atoms with E-state index in [0.717, 1.165) is 25.7 Å². The quantitative estimate of drug-likeness (QED) is 0.681. The number of aliphatic hydroxyl groups is 1. The van der Waals surface area contributed by atoms with Gasteiger partial charge in [-0.2, -0.15) is 0 Å². The molecule has 1 aliphatic carbocycles. The molecule has 1 rings (SSSR count). The number of carbonyl (C=O) groups excluding carboxylic acids is 1. The molecule has 0 radical (unpaired) electrons. The molecule has 0 atom stereocenters. The predicted molar refractivity (Wildman–Crippen MR) is 49.3 cm³/mol. The van der Waals surface area contributed by atoms with Gasteiger partial charge in [-0.1, -0.05) is 19.3 Å². The first-order valence-corrected chi connectivity index (χ1v) is 5.04. The molecule has 76 valence electrons. The van der Waals surface area contributed by atoms with E-state index < -0.39 is 5.60 Å². The van der Waals surface area contributed by atoms with Gasteiger partial charge in [-0.15, -0.1) is 0 Å². The van der Waals surface area contributed by atoms with Crippen LogP contribution in [0.5, 0.6) is 0 Å². The van der Waals surface area contributed by atoms with E-state index >= 15 is 0 Å². The third kappa shape index (κ3) is 3.35. The minimum Gasteiger partial charge on any atom is -0.466 e. The fourth-order valence-corrected chi connectivity index (χ4v) is 1.87. The standard InChI is InChI=1S/C10H18O3/c1-2-13-9(11)8-10(12)6-4-3-5-7-10/h12H,2-8H2,1H3. The van der Waals surface area contributed by atoms with Crippen LogP contribution in [0.25, 0.3) is 0 Å². The minimum absolute atomic E-state index is 0.167. The molecule has 0 heterocycles. The van der Waals surface area contributed by atoms with Crippen molar-refractivity contribution in [1.82, 2.24) is 0 Å². The highest BCUT2D eigenvalue weighted by Gasteiger charge is 2.32. The monoisotopic (exact) mass is 186 g/mol. The van der Waals surface area contributed by atoms with Gasteiger partial charge >= 0.3 is 5.97 Å². The van der Waals surface area contributed by atoms with Crippen LogP contribution in [0.2, 0.25) is 0 Å². The largest absolute Gasteiger partial charge is 0.466 e. The van der Waals surface area contributed by atoms with Gasteiger partial charge in [0.1, 0.15) is 0 Å². The Labute approximate surface area is 79.1 Å². The van der Waals surface area contributed by atoms with Gasteiger partial charge in [0.2, 0.25) is 0 Å². The lowest BCUT2D eigenvalue weighted by Gasteiger charge is -2.30. The highest BCUT2D eigenvalue weighted by molar-refractivity contribution is 5.70. The molecule has 0 spiro atoms. The first kappa shape index (κ1) is 10.5. The Morgan fingerprint density at radius 1 is 1.38 bits per heavy atom. The second kappa shape index (κ2) is 4.61. The third-order valence-electron chi connectivity index (χ3n) is 2.56. The summed E-state index contributed by atoms with van der Waals surface area (Å²) in [5.74, 6) is -0.271. The van der Waals surface area contributed by atoms with Crippen LogP contribution in [0.3, 0.4) is 0 Å². The Morgan fingerprint density at radius 3 is 2.54 bits per heavy atom. The summed E-state index contributed by atoms with van der Waals surface area (Å²) in [6.45, 7) is 2.18. The van der Waals surface area contributed by atoms with Gasteiger partial charge in [-0.25, -0.2) is 0 Å². The zero-order valence-corrected chi connectivity index (χ0v) is 8.21. The van der Waals surface area contributed by atoms with Crippen molar-refractivity contribution in [2.75, 3.05) is 6.61 Å². The second-order valence-electron chi connectivity index (χ2n) is 3.77. The Morgan fingerprint density at radius 2 is 2.00 bits per heavy atom. The highest BCUT2D eigenvalue weighted by atomic mass is 16.5. The minimum atomic E-state index is -0.773. The van der Waals surface area contributed by atoms with Gasteiger partial charge in [0.05, 0.1) is 18.6 Å². The molecule has 13 heavy (non-hydrogen) atoms. The van der Waals surface area contributed by atoms with Crippen LogP contribution < -0.4 is 0 Å². The molecule has 0 amide bonds. The van der Waals surface area contributed by atoms with Crippen molar-refractivity contribution in [2.24, 2.45) is 0 Å². The van der Waals surface area contributed by atoms with Crippen LogP contribution in [-0.2, 0) is 9.53 Å². The molecule has 0 saturated heterocycles. The summed E-state index contributed by atoms with van der Waals surface area (Å²) >= 11 is 0. The van der Waals surface area contributed by atoms with E-state index in [2.05, 4.69) is 0 Å². The van der Waals surface area contributed by atoms with Crippen molar-refractivity contribution in [3.8, 4) is 0 Å². The van der Waals surface area contributed by atoms with Gasteiger partial charge in [0.25, 0.3) is 0 Å². The average molecular weight is 186 g/mol. The summed E-state index contributed by atoms with van der Waals surface area (Å²) in [6, 6.07) is 0. The maximum atomic E-state index is 11.1. The van der Waals surface area contributed by atoms with E-state index in [1.165, 1.54) is 6.42 Å². The highest BCUT2D eigenvalue weighted by Crippen LogP contribution is 2.30. The van der Waals surface area contributed by atoms with E-state index in [-0.39, 0.29) is 12.4 Å². The van der Waals surface area contributed by atoms with Gasteiger partial charge in [0.15, 0.2) is 0 Å². The molecule has 0 aromatic carbocycles. The zero-order valence-electron chi connectivity index (χ0n) is 8.21. The lowest BCUT2D eigenvalue weighted by Crippen LogP contribution is -2.34. The number of rotatable bonds is 3. The van der Waals surface area contributed by atoms with E-state index in [1.807, 2.05) is 0 Å². The van der Waals surface area contributed by atoms with Crippen molar-refractivity contribution in [3.63, 3.8) is 0 Å². The molecule has 1 fully saturated rings. The van der Waals surface area contributed by atoms with E-state index in [0.29, 0.717) is 6.61 Å². The Kier molecular flexibility index (Phi) is 3.72. The molecule has 0 aromatic heterocycles. The van der Waals surface area contributed by atoms with E-state index in [1.54, 1.807) is 6.92 Å². The lowest BCUT2D eigenvalue weighted by atomic mass is 9.82. The number of hydrogen-bond donors (Lipinski definition) is 1. The third-order valence-corrected chi connectivity index (χ3v) is 2.56. The summed E-state index contributed by atoms with van der Waals surface area (Å²) < 4.78 is 4.81. The molecule has 1 saturated carbocycles. The summed E-state index contributed by atoms with van der Waals surface area (Å²) in [6.07, 6.45) is 4.87. The molecule has 1 N–H and O–H groups in total. The second-order valence-corrected chi connectivity index (χ2v) is 3.77. The normalized spacial score (nSPS) is 21.1. The van der Waals surface area contributed by atoms with Crippen LogP contribution in [-0.4, -0.2) is 23.3 Å². The number of ether oxygens (including phenoxy) is 1. The Hall–Kier alpha value is -0.570. The van der Waals surface area contributed by atoms with Crippen molar-refractivity contribution in [3.05, 3.63) is 0 Å². The Balaban J connectivity index is 2.36. The molecular weight excluding hydrogens is 168 g/mol. The van der Waals surface area contributed by atoms with Gasteiger partial charge in [0, 0.05) is 0 Å². The van der Waals surface area contributed by atoms with Crippen molar-refractivity contribution in [1.29, 1.82) is 0 Å². The van der Waals surface area contributed by atoms with E-state index in [9.17, 15) is 9.90 Å². The van der Waals surface area contributed by atoms with Crippen molar-refractivity contribution < 1.29 is 14.6 Å². The summed E-state index contributed by atoms with van der Waals surface area (Å²) in [5, 5.41) is 9.97. The van der Waals surface area contributed by atoms with Crippen LogP contribution in [0, 0.1) is 0 Å². The lowest BCUT2D eigenvalue weighted by molar-refractivity contribution is -0.149. The van der Waals surface area contributed by atoms with Gasteiger partial charge in [-0.3, -0.25) is 4.79 Å². The van der Waals surface area contributed by atoms with Crippen LogP contribution in [0.4, 0.5) is 0 Å². The van der Waals surface area contributed by atoms with Gasteiger partial charge in [-0.05, 0) is 19.8 Å². The number of carbonyl (C=O) groups is 1. The molecule has 0 bridgehead atoms. The van der Waals surface area contributed by atoms with Crippen LogP contribution in [0.15, 0.2) is 0 Å². The fraction of sp³-hybridized carbons (Fsp3) is 0.900. The van der Waals surface area contributed by atoms with E-state index in [4.69, 9.17) is 4.74 Å². The predicted octanol–water partition coefficient (Wildman–Crippen LogP) is 1.63. The molecule has 3 heteroatoms. The molecule has 3 nitrogen and oxygen atoms in total. The van der Waals surface area contributed by atoms with Gasteiger partial charge < -0.3 is 9.84 Å². The zero-order chi connectivity index (χ0) is 9.73. The maximum absolute atomic E-state index is 11.1. The molecular formula is C10H18O3. The van der Waals surface area contributed by atoms with Crippen molar-refractivity contribution in [2.45, 2.75) is 51.0 Å². The average Bonchev–Trinajstić information content (AvgIpc) is 2.04. The first-order chi connectivity index (χ1) is 6.16. The molecule has 0 aromatic rings. The van der Waals surface area contributed by atoms with Crippen molar-refractivity contribution >= 4 is 5.97 Å². The smallest absolute Gasteiger partial charge is 0.308 e. The summed E-state index contributed by atoms with van der Waals surface area (Å²) in [4.78, 5) is 11.1. The van der Waals surface area contributed by atoms with Crippen LogP contribution >= 0.6 is 0 Å². The number of hydrogen-bond acceptors (Lipinski definition) is 3. The first-order valence-electron chi connectivity index (χ1n) is 5.04. The molecule has 0 aliphatic heterocycles. The molecule has 1 aliphatic rings. The Bertz CT molecular complexity index is 171. The maximum Gasteiger partial charge on any atom is 0.308 e. The summed E-state index contributed by atoms with van der Waals surface area (Å²) in [5.41, 5.74) is -0.773.